The molecule has 2 heterocycles. The largest absolute Gasteiger partial charge is 0.481 e. The summed E-state index contributed by atoms with van der Waals surface area (Å²) in [4.78, 5) is 144. The Labute approximate surface area is 400 Å². The van der Waals surface area contributed by atoms with Gasteiger partial charge in [0.05, 0.1) is 42.7 Å². The Morgan fingerprint density at radius 3 is 1.94 bits per heavy atom. The highest BCUT2D eigenvalue weighted by atomic mass is 16.4. The topological polar surface area (TPSA) is 332 Å². The minimum Gasteiger partial charge on any atom is -0.481 e. The lowest BCUT2D eigenvalue weighted by atomic mass is 9.88. The fraction of sp³-hybridized carbons (Fsp3) is 0.771. The number of likely N-dealkylation sites (tertiary alicyclic amines) is 1. The lowest BCUT2D eigenvalue weighted by molar-refractivity contribution is -0.145. The quantitative estimate of drug-likeness (QED) is 0.0418. The molecule has 2 rings (SSSR count). The maximum atomic E-state index is 13.7. The van der Waals surface area contributed by atoms with E-state index in [1.807, 2.05) is 27.7 Å². The number of aliphatic hydroxyl groups excluding tert-OH is 1. The monoisotopic (exact) mass is 962 g/mol. The Bertz CT molecular complexity index is 1790. The molecule has 2 fully saturated rings. The van der Waals surface area contributed by atoms with E-state index in [0.29, 0.717) is 45.2 Å². The van der Waals surface area contributed by atoms with Gasteiger partial charge in [0.25, 0.3) is 0 Å². The average Bonchev–Trinajstić information content (AvgIpc) is 3.94. The van der Waals surface area contributed by atoms with Gasteiger partial charge in [-0.2, -0.15) is 0 Å². The number of primary amides is 1. The van der Waals surface area contributed by atoms with Crippen molar-refractivity contribution in [1.82, 2.24) is 26.2 Å². The number of amides is 5. The highest BCUT2D eigenvalue weighted by molar-refractivity contribution is 5.97. The molecule has 9 atom stereocenters. The van der Waals surface area contributed by atoms with Crippen LogP contribution in [0.25, 0.3) is 0 Å². The number of β-amino-alcohol motifs (C(OH)–C–C–N with tert-alkyl or cyclic N) is 1. The molecule has 0 aliphatic carbocycles. The lowest BCUT2D eigenvalue weighted by Gasteiger charge is -2.25. The fourth-order valence-electron chi connectivity index (χ4n) is 8.81. The van der Waals surface area contributed by atoms with Gasteiger partial charge < -0.3 is 47.8 Å². The zero-order valence-corrected chi connectivity index (χ0v) is 41.0. The van der Waals surface area contributed by atoms with E-state index in [2.05, 4.69) is 21.3 Å². The molecule has 20 heteroatoms. The van der Waals surface area contributed by atoms with Gasteiger partial charge >= 0.3 is 5.97 Å². The van der Waals surface area contributed by atoms with Crippen LogP contribution in [0.15, 0.2) is 0 Å². The Morgan fingerprint density at radius 1 is 0.721 bits per heavy atom. The number of carbonyl (C=O) groups is 11. The second-order valence-corrected chi connectivity index (χ2v) is 19.7. The van der Waals surface area contributed by atoms with Gasteiger partial charge in [0.15, 0.2) is 28.9 Å². The van der Waals surface area contributed by atoms with Gasteiger partial charge in [-0.1, -0.05) is 41.0 Å². The van der Waals surface area contributed by atoms with Gasteiger partial charge in [-0.05, 0) is 76.7 Å². The highest BCUT2D eigenvalue weighted by Gasteiger charge is 2.37. The summed E-state index contributed by atoms with van der Waals surface area (Å²) >= 11 is 0. The highest BCUT2D eigenvalue weighted by Crippen LogP contribution is 2.25. The van der Waals surface area contributed by atoms with E-state index < -0.39 is 113 Å². The number of Topliss-reactive ketones (excluding diaryl/α,β-unsaturated/α-hetero) is 5. The number of ketones is 5. The maximum Gasteiger partial charge on any atom is 0.306 e. The number of nitrogens with one attached hydrogen (secondary N) is 4. The first-order valence-electron chi connectivity index (χ1n) is 24.4. The molecule has 0 unspecified atom stereocenters. The Kier molecular flexibility index (Phi) is 26.0. The standard InChI is InChI=1S/C48H79N7O13/c1-27(2)18-32(47(66)53-30(6)39(58)13-15-44(63)55-17-9-11-38(55)42(61)22-31(48(67)68)10-7-8-16-49)21-34(56)26-52-46(65)33(19-28(3)4)23-41(60)36(12-14-43(50)62)54-45(64)29(5)20-40(59)37-24-35(57)25-51-37/h27-33,35-38,51,57H,7-26,49H2,1-6H3,(H2,50,62)(H,52,65)(H,53,66)(H,54,64)(H,67,68)/t29-,30+,31-,32-,33-,35-,36+,37+,38+/m1/s1. The van der Waals surface area contributed by atoms with Crippen LogP contribution < -0.4 is 32.7 Å². The maximum absolute atomic E-state index is 13.7. The van der Waals surface area contributed by atoms with E-state index in [4.69, 9.17) is 11.5 Å². The van der Waals surface area contributed by atoms with Crippen molar-refractivity contribution in [3.8, 4) is 0 Å². The third kappa shape index (κ3) is 21.1. The molecule has 20 nitrogen and oxygen atoms in total. The van der Waals surface area contributed by atoms with Gasteiger partial charge in [-0.15, -0.1) is 0 Å². The van der Waals surface area contributed by atoms with Crippen molar-refractivity contribution in [3.63, 3.8) is 0 Å². The molecule has 10 N–H and O–H groups in total. The van der Waals surface area contributed by atoms with Gasteiger partial charge in [-0.25, -0.2) is 0 Å². The van der Waals surface area contributed by atoms with Crippen LogP contribution in [0.4, 0.5) is 0 Å². The van der Waals surface area contributed by atoms with E-state index in [1.165, 1.54) is 18.7 Å². The summed E-state index contributed by atoms with van der Waals surface area (Å²) in [5, 5.41) is 30.2. The number of aliphatic hydroxyl groups is 1. The minimum absolute atomic E-state index is 0.0316. The molecule has 0 spiro atoms. The number of unbranched alkanes of at least 4 members (excludes halogenated alkanes) is 1. The van der Waals surface area contributed by atoms with Crippen molar-refractivity contribution >= 4 is 64.4 Å². The van der Waals surface area contributed by atoms with Crippen molar-refractivity contribution in [2.75, 3.05) is 26.2 Å². The second-order valence-electron chi connectivity index (χ2n) is 19.7. The van der Waals surface area contributed by atoms with Gasteiger partial charge in [0.1, 0.15) is 0 Å². The molecule has 2 saturated heterocycles. The van der Waals surface area contributed by atoms with Crippen LogP contribution in [-0.4, -0.2) is 136 Å². The Hall–Kier alpha value is -4.95. The molecule has 0 radical (unpaired) electrons. The van der Waals surface area contributed by atoms with Crippen LogP contribution in [0, 0.1) is 35.5 Å². The molecule has 2 aliphatic rings. The molecule has 0 aromatic carbocycles. The second kappa shape index (κ2) is 29.8. The lowest BCUT2D eigenvalue weighted by Crippen LogP contribution is -2.46. The Morgan fingerprint density at radius 2 is 1.37 bits per heavy atom. The summed E-state index contributed by atoms with van der Waals surface area (Å²) in [6, 6.07) is -3.56. The van der Waals surface area contributed by atoms with E-state index in [1.54, 1.807) is 0 Å². The molecular weight excluding hydrogens is 883 g/mol. The van der Waals surface area contributed by atoms with Crippen LogP contribution >= 0.6 is 0 Å². The van der Waals surface area contributed by atoms with Crippen LogP contribution in [0.3, 0.4) is 0 Å². The summed E-state index contributed by atoms with van der Waals surface area (Å²) in [6.45, 7) is 10.9. The molecule has 0 bridgehead atoms. The molecule has 384 valence electrons. The van der Waals surface area contributed by atoms with Crippen LogP contribution in [0.2, 0.25) is 0 Å². The van der Waals surface area contributed by atoms with Crippen molar-refractivity contribution < 1.29 is 63.0 Å². The summed E-state index contributed by atoms with van der Waals surface area (Å²) in [6.07, 6.45) is 0.775. The first-order chi connectivity index (χ1) is 31.9. The van der Waals surface area contributed by atoms with Gasteiger partial charge in [0.2, 0.25) is 29.5 Å². The van der Waals surface area contributed by atoms with Gasteiger partial charge in [-0.3, -0.25) is 52.7 Å². The van der Waals surface area contributed by atoms with E-state index in [-0.39, 0.29) is 101 Å². The number of aliphatic carboxylic acids is 1. The molecule has 0 saturated carbocycles. The summed E-state index contributed by atoms with van der Waals surface area (Å²) < 4.78 is 0. The smallest absolute Gasteiger partial charge is 0.306 e. The van der Waals surface area contributed by atoms with Crippen molar-refractivity contribution in [2.45, 2.75) is 175 Å². The number of rotatable bonds is 34. The summed E-state index contributed by atoms with van der Waals surface area (Å²) in [7, 11) is 0. The molecule has 0 aromatic rings. The van der Waals surface area contributed by atoms with Crippen LogP contribution in [0.5, 0.6) is 0 Å². The number of carbonyl (C=O) groups excluding carboxylic acids is 10. The number of hydrogen-bond acceptors (Lipinski definition) is 14. The fourth-order valence-corrected chi connectivity index (χ4v) is 8.81. The SMILES string of the molecule is CC(C)C[C@H](CC(=O)[C@H](CCC(N)=O)NC(=O)[C@H](C)CC(=O)[C@@H]1C[C@@H](O)CN1)C(=O)NCC(=O)C[C@@H](CC(C)C)C(=O)N[C@@H](C)C(=O)CCC(=O)N1CCC[C@H]1C(=O)C[C@@H](CCCCN)C(=O)O. The molecule has 5 amide bonds. The first-order valence-corrected chi connectivity index (χ1v) is 24.4. The van der Waals surface area contributed by atoms with E-state index in [0.717, 1.165) is 0 Å². The van der Waals surface area contributed by atoms with Crippen molar-refractivity contribution in [3.05, 3.63) is 0 Å². The van der Waals surface area contributed by atoms with Gasteiger partial charge in [0, 0.05) is 75.8 Å². The predicted molar refractivity (Wildman–Crippen MR) is 250 cm³/mol. The summed E-state index contributed by atoms with van der Waals surface area (Å²) in [5.74, 6) is -9.62. The summed E-state index contributed by atoms with van der Waals surface area (Å²) in [5.41, 5.74) is 10.9. The zero-order chi connectivity index (χ0) is 51.2. The van der Waals surface area contributed by atoms with Crippen LogP contribution in [0.1, 0.15) is 144 Å². The number of carboxylic acid groups (broad SMARTS) is 1. The molecule has 2 aliphatic heterocycles. The molecule has 68 heavy (non-hydrogen) atoms. The zero-order valence-electron chi connectivity index (χ0n) is 41.0. The van der Waals surface area contributed by atoms with Crippen molar-refractivity contribution in [2.24, 2.45) is 47.0 Å². The van der Waals surface area contributed by atoms with E-state index in [9.17, 15) is 63.0 Å². The molecule has 0 aromatic heterocycles. The third-order valence-electron chi connectivity index (χ3n) is 12.6. The number of carboxylic acids is 1. The Balaban J connectivity index is 2.00. The number of nitrogens with zero attached hydrogens (tertiary/aromatic N) is 1. The number of nitrogens with two attached hydrogens (primary N) is 2. The van der Waals surface area contributed by atoms with Crippen molar-refractivity contribution in [1.29, 1.82) is 0 Å². The predicted octanol–water partition coefficient (Wildman–Crippen LogP) is 1.05. The van der Waals surface area contributed by atoms with E-state index >= 15 is 0 Å². The average molecular weight is 962 g/mol. The normalized spacial score (nSPS) is 19.6. The third-order valence-corrected chi connectivity index (χ3v) is 12.6. The molecular formula is C48H79N7O13. The first kappa shape index (κ1) is 59.2. The number of hydrogen-bond donors (Lipinski definition) is 8. The van der Waals surface area contributed by atoms with Crippen LogP contribution in [-0.2, 0) is 52.7 Å². The minimum atomic E-state index is -1.19.